The van der Waals surface area contributed by atoms with Gasteiger partial charge in [0.05, 0.1) is 22.5 Å². The van der Waals surface area contributed by atoms with Crippen LogP contribution in [0.25, 0.3) is 0 Å². The zero-order valence-corrected chi connectivity index (χ0v) is 10.8. The van der Waals surface area contributed by atoms with Crippen LogP contribution in [0.15, 0.2) is 34.9 Å². The van der Waals surface area contributed by atoms with Crippen LogP contribution in [0, 0.1) is 0 Å². The monoisotopic (exact) mass is 280 g/mol. The summed E-state index contributed by atoms with van der Waals surface area (Å²) in [5.74, 6) is -0.259. The van der Waals surface area contributed by atoms with Crippen LogP contribution < -0.4 is 11.1 Å². The molecule has 0 saturated carbocycles. The van der Waals surface area contributed by atoms with Gasteiger partial charge in [-0.3, -0.25) is 0 Å². The van der Waals surface area contributed by atoms with Crippen molar-refractivity contribution in [2.75, 3.05) is 17.6 Å². The number of benzene rings is 1. The molecular weight excluding hydrogens is 268 g/mol. The number of rotatable bonds is 5. The topological polar surface area (TPSA) is 88.5 Å². The molecule has 0 bridgehead atoms. The molecule has 0 aliphatic rings. The van der Waals surface area contributed by atoms with E-state index in [9.17, 15) is 4.79 Å². The molecule has 0 saturated heterocycles. The Kier molecular flexibility index (Phi) is 3.97. The fourth-order valence-electron chi connectivity index (χ4n) is 1.74. The van der Waals surface area contributed by atoms with Crippen LogP contribution in [0.5, 0.6) is 0 Å². The van der Waals surface area contributed by atoms with Gasteiger partial charge in [-0.2, -0.15) is 0 Å². The van der Waals surface area contributed by atoms with Gasteiger partial charge in [-0.1, -0.05) is 11.6 Å². The van der Waals surface area contributed by atoms with Crippen LogP contribution in [0.4, 0.5) is 11.4 Å². The maximum atomic E-state index is 11.1. The number of nitrogen functional groups attached to an aromatic ring is 1. The van der Waals surface area contributed by atoms with Crippen molar-refractivity contribution in [3.05, 3.63) is 46.9 Å². The lowest BCUT2D eigenvalue weighted by Crippen LogP contribution is -2.10. The summed E-state index contributed by atoms with van der Waals surface area (Å²) in [6.45, 7) is 0.511. The van der Waals surface area contributed by atoms with Crippen molar-refractivity contribution < 1.29 is 14.3 Å². The quantitative estimate of drug-likeness (QED) is 0.733. The fourth-order valence-corrected chi connectivity index (χ4v) is 2.04. The van der Waals surface area contributed by atoms with Gasteiger partial charge in [-0.05, 0) is 24.3 Å². The van der Waals surface area contributed by atoms with E-state index in [0.717, 1.165) is 5.76 Å². The Labute approximate surface area is 115 Å². The number of anilines is 2. The minimum absolute atomic E-state index is 0.0597. The third-order valence-corrected chi connectivity index (χ3v) is 2.89. The summed E-state index contributed by atoms with van der Waals surface area (Å²) in [7, 11) is 0. The lowest BCUT2D eigenvalue weighted by Gasteiger charge is -2.12. The van der Waals surface area contributed by atoms with Crippen LogP contribution in [-0.4, -0.2) is 17.6 Å². The molecule has 0 radical (unpaired) electrons. The molecule has 1 aromatic heterocycles. The highest BCUT2D eigenvalue weighted by Crippen LogP contribution is 2.29. The third-order valence-electron chi connectivity index (χ3n) is 2.60. The SMILES string of the molecule is Nc1cc(Cl)c(NCCc2ccco2)c(C(=O)O)c1. The number of carboxylic acids is 1. The molecule has 6 heteroatoms. The molecule has 0 amide bonds. The molecule has 1 aromatic carbocycles. The van der Waals surface area contributed by atoms with Gasteiger partial charge in [-0.15, -0.1) is 0 Å². The van der Waals surface area contributed by atoms with Crippen LogP contribution >= 0.6 is 11.6 Å². The molecule has 0 fully saturated rings. The molecule has 0 unspecified atom stereocenters. The first-order chi connectivity index (χ1) is 9.08. The van der Waals surface area contributed by atoms with E-state index in [4.69, 9.17) is 26.9 Å². The van der Waals surface area contributed by atoms with E-state index in [-0.39, 0.29) is 10.6 Å². The molecule has 5 nitrogen and oxygen atoms in total. The van der Waals surface area contributed by atoms with E-state index in [0.29, 0.717) is 24.3 Å². The predicted molar refractivity (Wildman–Crippen MR) is 73.7 cm³/mol. The number of aromatic carboxylic acids is 1. The Hall–Kier alpha value is -2.14. The second kappa shape index (κ2) is 5.67. The Morgan fingerprint density at radius 1 is 1.47 bits per heavy atom. The number of hydrogen-bond acceptors (Lipinski definition) is 4. The molecule has 100 valence electrons. The predicted octanol–water partition coefficient (Wildman–Crippen LogP) is 2.87. The van der Waals surface area contributed by atoms with Crippen LogP contribution in [0.3, 0.4) is 0 Å². The lowest BCUT2D eigenvalue weighted by molar-refractivity contribution is 0.0698. The minimum Gasteiger partial charge on any atom is -0.478 e. The highest BCUT2D eigenvalue weighted by Gasteiger charge is 2.14. The van der Waals surface area contributed by atoms with Crippen LogP contribution in [0.1, 0.15) is 16.1 Å². The Bertz CT molecular complexity index is 582. The molecule has 2 rings (SSSR count). The van der Waals surface area contributed by atoms with E-state index in [1.165, 1.54) is 12.1 Å². The first-order valence-electron chi connectivity index (χ1n) is 5.66. The van der Waals surface area contributed by atoms with E-state index in [1.54, 1.807) is 12.3 Å². The van der Waals surface area contributed by atoms with Gasteiger partial charge in [0.2, 0.25) is 0 Å². The Morgan fingerprint density at radius 3 is 2.89 bits per heavy atom. The number of furan rings is 1. The third kappa shape index (κ3) is 3.20. The average Bonchev–Trinajstić information content (AvgIpc) is 2.84. The highest BCUT2D eigenvalue weighted by molar-refractivity contribution is 6.34. The van der Waals surface area contributed by atoms with E-state index in [2.05, 4.69) is 5.32 Å². The maximum Gasteiger partial charge on any atom is 0.337 e. The number of nitrogens with two attached hydrogens (primary N) is 1. The fraction of sp³-hybridized carbons (Fsp3) is 0.154. The second-order valence-corrected chi connectivity index (χ2v) is 4.39. The molecule has 0 spiro atoms. The smallest absolute Gasteiger partial charge is 0.337 e. The Balaban J connectivity index is 2.12. The number of carbonyl (C=O) groups is 1. The van der Waals surface area contributed by atoms with Crippen molar-refractivity contribution in [2.45, 2.75) is 6.42 Å². The molecule has 19 heavy (non-hydrogen) atoms. The second-order valence-electron chi connectivity index (χ2n) is 3.99. The van der Waals surface area contributed by atoms with E-state index in [1.807, 2.05) is 6.07 Å². The van der Waals surface area contributed by atoms with E-state index >= 15 is 0 Å². The summed E-state index contributed by atoms with van der Waals surface area (Å²) in [6, 6.07) is 6.55. The van der Waals surface area contributed by atoms with Crippen LogP contribution in [0.2, 0.25) is 5.02 Å². The van der Waals surface area contributed by atoms with Gasteiger partial charge in [0, 0.05) is 18.7 Å². The standard InChI is InChI=1S/C13H13ClN2O3/c14-11-7-8(15)6-10(13(17)18)12(11)16-4-3-9-2-1-5-19-9/h1-2,5-7,16H,3-4,15H2,(H,17,18). The van der Waals surface area contributed by atoms with Crippen molar-refractivity contribution in [3.8, 4) is 0 Å². The van der Waals surface area contributed by atoms with Gasteiger partial charge < -0.3 is 20.6 Å². The largest absolute Gasteiger partial charge is 0.478 e. The van der Waals surface area contributed by atoms with Crippen LogP contribution in [-0.2, 0) is 6.42 Å². The lowest BCUT2D eigenvalue weighted by atomic mass is 10.1. The summed E-state index contributed by atoms with van der Waals surface area (Å²) in [5, 5.41) is 12.4. The highest BCUT2D eigenvalue weighted by atomic mass is 35.5. The maximum absolute atomic E-state index is 11.1. The number of halogens is 1. The van der Waals surface area contributed by atoms with Crippen molar-refractivity contribution in [3.63, 3.8) is 0 Å². The average molecular weight is 281 g/mol. The normalized spacial score (nSPS) is 10.4. The number of hydrogen-bond donors (Lipinski definition) is 3. The minimum atomic E-state index is -1.07. The molecular formula is C13H13ClN2O3. The first-order valence-corrected chi connectivity index (χ1v) is 6.04. The van der Waals surface area contributed by atoms with Gasteiger partial charge in [0.1, 0.15) is 5.76 Å². The molecule has 0 aliphatic heterocycles. The van der Waals surface area contributed by atoms with Crippen molar-refractivity contribution >= 4 is 28.9 Å². The summed E-state index contributed by atoms with van der Waals surface area (Å²) in [6.07, 6.45) is 2.22. The number of carboxylic acid groups (broad SMARTS) is 1. The van der Waals surface area contributed by atoms with Gasteiger partial charge in [0.15, 0.2) is 0 Å². The molecule has 2 aromatic rings. The molecule has 0 aliphatic carbocycles. The summed E-state index contributed by atoms with van der Waals surface area (Å²) in [4.78, 5) is 11.1. The molecule has 4 N–H and O–H groups in total. The van der Waals surface area contributed by atoms with Crippen molar-refractivity contribution in [1.82, 2.24) is 0 Å². The first kappa shape index (κ1) is 13.3. The zero-order chi connectivity index (χ0) is 13.8. The summed E-state index contributed by atoms with van der Waals surface area (Å²) >= 11 is 6.01. The number of nitrogens with one attached hydrogen (secondary N) is 1. The van der Waals surface area contributed by atoms with Crippen molar-refractivity contribution in [2.24, 2.45) is 0 Å². The van der Waals surface area contributed by atoms with Gasteiger partial charge in [0.25, 0.3) is 0 Å². The van der Waals surface area contributed by atoms with E-state index < -0.39 is 5.97 Å². The van der Waals surface area contributed by atoms with Gasteiger partial charge >= 0.3 is 5.97 Å². The molecule has 1 heterocycles. The Morgan fingerprint density at radius 2 is 2.26 bits per heavy atom. The zero-order valence-electron chi connectivity index (χ0n) is 10.0. The summed E-state index contributed by atoms with van der Waals surface area (Å²) < 4.78 is 5.19. The van der Waals surface area contributed by atoms with Gasteiger partial charge in [-0.25, -0.2) is 4.79 Å². The summed E-state index contributed by atoms with van der Waals surface area (Å²) in [5.41, 5.74) is 6.33. The van der Waals surface area contributed by atoms with Crippen molar-refractivity contribution in [1.29, 1.82) is 0 Å². The molecule has 0 atom stereocenters.